The van der Waals surface area contributed by atoms with Crippen molar-refractivity contribution >= 4 is 11.6 Å². The molecule has 0 saturated heterocycles. The summed E-state index contributed by atoms with van der Waals surface area (Å²) in [4.78, 5) is 16.0. The maximum atomic E-state index is 11.9. The normalized spacial score (nSPS) is 10.3. The van der Waals surface area contributed by atoms with Crippen LogP contribution in [-0.4, -0.2) is 37.2 Å². The maximum Gasteiger partial charge on any atom is 0.269 e. The van der Waals surface area contributed by atoms with Gasteiger partial charge in [0.1, 0.15) is 5.69 Å². The van der Waals surface area contributed by atoms with Gasteiger partial charge in [-0.15, -0.1) is 0 Å². The lowest BCUT2D eigenvalue weighted by Gasteiger charge is -2.08. The van der Waals surface area contributed by atoms with Crippen LogP contribution in [0.5, 0.6) is 0 Å². The Hall–Kier alpha value is -1.62. The summed E-state index contributed by atoms with van der Waals surface area (Å²) in [6, 6.07) is 3.64. The van der Waals surface area contributed by atoms with Crippen LogP contribution in [0.4, 0.5) is 5.69 Å². The van der Waals surface area contributed by atoms with Gasteiger partial charge in [-0.3, -0.25) is 9.78 Å². The molecule has 0 unspecified atom stereocenters. The quantitative estimate of drug-likeness (QED) is 0.646. The molecule has 0 fully saturated rings. The molecule has 0 aliphatic heterocycles. The van der Waals surface area contributed by atoms with E-state index in [0.29, 0.717) is 18.8 Å². The largest absolute Gasteiger partial charge is 0.385 e. The summed E-state index contributed by atoms with van der Waals surface area (Å²) in [5, 5.41) is 6.09. The Balaban J connectivity index is 2.31. The zero-order valence-electron chi connectivity index (χ0n) is 12.4. The van der Waals surface area contributed by atoms with Gasteiger partial charge >= 0.3 is 0 Å². The number of pyridine rings is 1. The van der Waals surface area contributed by atoms with E-state index in [1.54, 1.807) is 12.3 Å². The van der Waals surface area contributed by atoms with Crippen LogP contribution in [-0.2, 0) is 4.74 Å². The van der Waals surface area contributed by atoms with Crippen molar-refractivity contribution < 1.29 is 9.53 Å². The molecule has 0 radical (unpaired) electrons. The smallest absolute Gasteiger partial charge is 0.269 e. The molecule has 1 rings (SSSR count). The number of nitrogens with one attached hydrogen (secondary N) is 2. The first kappa shape index (κ1) is 16.4. The first-order chi connectivity index (χ1) is 9.77. The molecular weight excluding hydrogens is 254 g/mol. The molecule has 5 nitrogen and oxygen atoms in total. The third kappa shape index (κ3) is 6.52. The van der Waals surface area contributed by atoms with Crippen LogP contribution >= 0.6 is 0 Å². The van der Waals surface area contributed by atoms with Gasteiger partial charge in [-0.1, -0.05) is 13.8 Å². The van der Waals surface area contributed by atoms with Crippen LogP contribution in [0.2, 0.25) is 0 Å². The molecule has 1 aromatic rings. The van der Waals surface area contributed by atoms with Crippen molar-refractivity contribution in [1.29, 1.82) is 0 Å². The van der Waals surface area contributed by atoms with Crippen molar-refractivity contribution in [2.24, 2.45) is 0 Å². The minimum atomic E-state index is -0.138. The molecule has 112 valence electrons. The number of carbonyl (C=O) groups excluding carboxylic acids is 1. The van der Waals surface area contributed by atoms with Gasteiger partial charge in [0.2, 0.25) is 0 Å². The van der Waals surface area contributed by atoms with E-state index in [2.05, 4.69) is 29.5 Å². The molecule has 0 spiro atoms. The van der Waals surface area contributed by atoms with E-state index in [4.69, 9.17) is 4.74 Å². The molecule has 0 aliphatic rings. The zero-order chi connectivity index (χ0) is 14.6. The monoisotopic (exact) mass is 279 g/mol. The van der Waals surface area contributed by atoms with Gasteiger partial charge in [0.25, 0.3) is 5.91 Å². The number of hydrogen-bond acceptors (Lipinski definition) is 4. The number of anilines is 1. The van der Waals surface area contributed by atoms with Gasteiger partial charge < -0.3 is 15.4 Å². The first-order valence-electron chi connectivity index (χ1n) is 7.33. The van der Waals surface area contributed by atoms with Gasteiger partial charge in [0.05, 0.1) is 0 Å². The third-order valence-corrected chi connectivity index (χ3v) is 2.67. The van der Waals surface area contributed by atoms with Crippen molar-refractivity contribution in [1.82, 2.24) is 10.3 Å². The summed E-state index contributed by atoms with van der Waals surface area (Å²) in [7, 11) is 0. The number of nitrogens with zero attached hydrogens (tertiary/aromatic N) is 1. The number of ether oxygens (including phenoxy) is 1. The maximum absolute atomic E-state index is 11.9. The van der Waals surface area contributed by atoms with Gasteiger partial charge in [-0.25, -0.2) is 0 Å². The van der Waals surface area contributed by atoms with E-state index < -0.39 is 0 Å². The van der Waals surface area contributed by atoms with Crippen LogP contribution in [0.1, 0.15) is 43.6 Å². The van der Waals surface area contributed by atoms with Gasteiger partial charge in [0, 0.05) is 38.2 Å². The van der Waals surface area contributed by atoms with Crippen molar-refractivity contribution in [2.45, 2.75) is 33.1 Å². The molecule has 0 aromatic carbocycles. The molecule has 1 amide bonds. The Morgan fingerprint density at radius 2 is 2.10 bits per heavy atom. The Morgan fingerprint density at radius 1 is 1.25 bits per heavy atom. The molecule has 2 N–H and O–H groups in total. The fourth-order valence-electron chi connectivity index (χ4n) is 1.65. The molecular formula is C15H25N3O2. The minimum absolute atomic E-state index is 0.138. The van der Waals surface area contributed by atoms with Crippen molar-refractivity contribution in [3.05, 3.63) is 24.0 Å². The Kier molecular flexibility index (Phi) is 8.38. The van der Waals surface area contributed by atoms with E-state index in [1.807, 2.05) is 6.07 Å². The lowest BCUT2D eigenvalue weighted by molar-refractivity contribution is 0.0936. The number of amides is 1. The van der Waals surface area contributed by atoms with Gasteiger partial charge in [0.15, 0.2) is 0 Å². The second kappa shape index (κ2) is 10.2. The van der Waals surface area contributed by atoms with E-state index in [0.717, 1.165) is 38.1 Å². The van der Waals surface area contributed by atoms with Crippen molar-refractivity contribution in [3.8, 4) is 0 Å². The molecule has 0 saturated carbocycles. The summed E-state index contributed by atoms with van der Waals surface area (Å²) >= 11 is 0. The summed E-state index contributed by atoms with van der Waals surface area (Å²) in [5.41, 5.74) is 1.37. The van der Waals surface area contributed by atoms with E-state index in [-0.39, 0.29) is 5.91 Å². The fraction of sp³-hybridized carbons (Fsp3) is 0.600. The van der Waals surface area contributed by atoms with E-state index in [9.17, 15) is 4.79 Å². The van der Waals surface area contributed by atoms with E-state index in [1.165, 1.54) is 0 Å². The average molecular weight is 279 g/mol. The zero-order valence-corrected chi connectivity index (χ0v) is 12.4. The standard InChI is InChI=1S/C15H25N3O2/c1-3-7-16-13-6-9-17-14(12-13)15(19)18-8-5-11-20-10-4-2/h6,9,12H,3-5,7-8,10-11H2,1-2H3,(H,16,17)(H,18,19). The Morgan fingerprint density at radius 3 is 2.85 bits per heavy atom. The predicted octanol–water partition coefficient (Wildman–Crippen LogP) is 2.45. The molecule has 0 bridgehead atoms. The summed E-state index contributed by atoms with van der Waals surface area (Å²) in [6.45, 7) is 7.13. The topological polar surface area (TPSA) is 63.2 Å². The lowest BCUT2D eigenvalue weighted by atomic mass is 10.3. The summed E-state index contributed by atoms with van der Waals surface area (Å²) < 4.78 is 5.36. The minimum Gasteiger partial charge on any atom is -0.385 e. The van der Waals surface area contributed by atoms with Crippen LogP contribution in [0, 0.1) is 0 Å². The van der Waals surface area contributed by atoms with Crippen molar-refractivity contribution in [2.75, 3.05) is 31.6 Å². The highest BCUT2D eigenvalue weighted by Crippen LogP contribution is 2.07. The lowest BCUT2D eigenvalue weighted by Crippen LogP contribution is -2.26. The average Bonchev–Trinajstić information content (AvgIpc) is 2.48. The highest BCUT2D eigenvalue weighted by molar-refractivity contribution is 5.93. The second-order valence-corrected chi connectivity index (χ2v) is 4.58. The SMILES string of the molecule is CCCNc1ccnc(C(=O)NCCCOCCC)c1. The molecule has 1 aromatic heterocycles. The van der Waals surface area contributed by atoms with Crippen LogP contribution in [0.25, 0.3) is 0 Å². The predicted molar refractivity (Wildman–Crippen MR) is 81.1 cm³/mol. The second-order valence-electron chi connectivity index (χ2n) is 4.58. The van der Waals surface area contributed by atoms with Crippen LogP contribution in [0.3, 0.4) is 0 Å². The Bertz CT molecular complexity index is 396. The van der Waals surface area contributed by atoms with Crippen LogP contribution in [0.15, 0.2) is 18.3 Å². The number of aromatic nitrogens is 1. The van der Waals surface area contributed by atoms with Gasteiger partial charge in [-0.2, -0.15) is 0 Å². The van der Waals surface area contributed by atoms with Crippen molar-refractivity contribution in [3.63, 3.8) is 0 Å². The number of hydrogen-bond donors (Lipinski definition) is 2. The number of carbonyl (C=O) groups is 1. The highest BCUT2D eigenvalue weighted by Gasteiger charge is 2.06. The highest BCUT2D eigenvalue weighted by atomic mass is 16.5. The van der Waals surface area contributed by atoms with Crippen LogP contribution < -0.4 is 10.6 Å². The number of rotatable bonds is 10. The Labute approximate surface area is 121 Å². The fourth-order valence-corrected chi connectivity index (χ4v) is 1.65. The molecule has 0 atom stereocenters. The first-order valence-corrected chi connectivity index (χ1v) is 7.33. The summed E-state index contributed by atoms with van der Waals surface area (Å²) in [5.74, 6) is -0.138. The third-order valence-electron chi connectivity index (χ3n) is 2.67. The molecule has 1 heterocycles. The van der Waals surface area contributed by atoms with E-state index >= 15 is 0 Å². The van der Waals surface area contributed by atoms with Gasteiger partial charge in [-0.05, 0) is 31.4 Å². The molecule has 5 heteroatoms. The summed E-state index contributed by atoms with van der Waals surface area (Å²) in [6.07, 6.45) is 4.53. The molecule has 20 heavy (non-hydrogen) atoms. The molecule has 0 aliphatic carbocycles.